The predicted molar refractivity (Wildman–Crippen MR) is 77.3 cm³/mol. The number of halogens is 1. The van der Waals surface area contributed by atoms with Crippen molar-refractivity contribution in [1.29, 1.82) is 0 Å². The Morgan fingerprint density at radius 1 is 1.05 bits per heavy atom. The number of nitrogens with zero attached hydrogens (tertiary/aromatic N) is 3. The van der Waals surface area contributed by atoms with Crippen LogP contribution < -0.4 is 5.32 Å². The molecule has 0 atom stereocenters. The van der Waals surface area contributed by atoms with Crippen LogP contribution in [0.1, 0.15) is 11.3 Å². The topological polar surface area (TPSA) is 42.7 Å². The molecular formula is C16H13FN4. The first-order valence-electron chi connectivity index (χ1n) is 6.82. The zero-order valence-electron chi connectivity index (χ0n) is 11.3. The Labute approximate surface area is 121 Å². The summed E-state index contributed by atoms with van der Waals surface area (Å²) in [4.78, 5) is 0. The molecule has 0 aliphatic carbocycles. The molecule has 1 aliphatic rings. The van der Waals surface area contributed by atoms with E-state index in [0.29, 0.717) is 13.1 Å². The number of hydrogen-bond donors (Lipinski definition) is 1. The van der Waals surface area contributed by atoms with Crippen LogP contribution in [0.3, 0.4) is 0 Å². The quantitative estimate of drug-likeness (QED) is 0.745. The fourth-order valence-corrected chi connectivity index (χ4v) is 2.67. The first-order valence-corrected chi connectivity index (χ1v) is 6.82. The molecule has 1 aliphatic heterocycles. The van der Waals surface area contributed by atoms with Crippen LogP contribution in [0, 0.1) is 5.82 Å². The third-order valence-corrected chi connectivity index (χ3v) is 3.69. The molecule has 5 heteroatoms. The molecule has 0 fully saturated rings. The van der Waals surface area contributed by atoms with Gasteiger partial charge in [0.15, 0.2) is 0 Å². The maximum Gasteiger partial charge on any atom is 0.125 e. The molecule has 4 nitrogen and oxygen atoms in total. The Kier molecular flexibility index (Phi) is 2.79. The highest BCUT2D eigenvalue weighted by atomic mass is 19.1. The molecule has 0 spiro atoms. The Morgan fingerprint density at radius 2 is 1.90 bits per heavy atom. The van der Waals surface area contributed by atoms with Crippen molar-refractivity contribution >= 4 is 0 Å². The number of nitrogens with one attached hydrogen (secondary N) is 1. The van der Waals surface area contributed by atoms with Crippen molar-refractivity contribution in [2.75, 3.05) is 0 Å². The van der Waals surface area contributed by atoms with Gasteiger partial charge in [-0.3, -0.25) is 0 Å². The molecule has 104 valence electrons. The maximum atomic E-state index is 13.6. The summed E-state index contributed by atoms with van der Waals surface area (Å²) in [6, 6.07) is 14.7. The van der Waals surface area contributed by atoms with Gasteiger partial charge in [-0.05, 0) is 17.7 Å². The second kappa shape index (κ2) is 4.79. The fraction of sp³-hybridized carbons (Fsp3) is 0.125. The molecule has 3 aromatic rings. The zero-order chi connectivity index (χ0) is 14.2. The lowest BCUT2D eigenvalue weighted by atomic mass is 10.1. The minimum atomic E-state index is -0.265. The van der Waals surface area contributed by atoms with Crippen molar-refractivity contribution in [2.24, 2.45) is 0 Å². The summed E-state index contributed by atoms with van der Waals surface area (Å²) in [5.74, 6) is -0.265. The first kappa shape index (κ1) is 12.2. The Hall–Kier alpha value is -2.53. The molecule has 0 saturated carbocycles. The number of hydrogen-bond acceptors (Lipinski definition) is 3. The predicted octanol–water partition coefficient (Wildman–Crippen LogP) is 2.68. The average molecular weight is 280 g/mol. The standard InChI is InChI=1S/C16H13FN4/c17-13-7-6-12-9-18-10-15-16(11-4-2-1-3-5-11)19-20-21(15)14(12)8-13/h1-8,18H,9-10H2. The minimum absolute atomic E-state index is 0.265. The summed E-state index contributed by atoms with van der Waals surface area (Å²) in [6.45, 7) is 1.33. The zero-order valence-corrected chi connectivity index (χ0v) is 11.3. The number of aromatic nitrogens is 3. The molecule has 1 N–H and O–H groups in total. The molecule has 21 heavy (non-hydrogen) atoms. The van der Waals surface area contributed by atoms with E-state index < -0.39 is 0 Å². The largest absolute Gasteiger partial charge is 0.307 e. The van der Waals surface area contributed by atoms with Gasteiger partial charge in [0.25, 0.3) is 0 Å². The number of rotatable bonds is 1. The van der Waals surface area contributed by atoms with Gasteiger partial charge < -0.3 is 5.32 Å². The van der Waals surface area contributed by atoms with E-state index in [0.717, 1.165) is 28.2 Å². The summed E-state index contributed by atoms with van der Waals surface area (Å²) in [6.07, 6.45) is 0. The molecule has 0 unspecified atom stereocenters. The average Bonchev–Trinajstić information content (AvgIpc) is 2.85. The molecule has 0 bridgehead atoms. The van der Waals surface area contributed by atoms with Crippen LogP contribution in [0.15, 0.2) is 48.5 Å². The third kappa shape index (κ3) is 2.02. The van der Waals surface area contributed by atoms with Gasteiger partial charge in [0.05, 0.1) is 11.4 Å². The monoisotopic (exact) mass is 280 g/mol. The van der Waals surface area contributed by atoms with Gasteiger partial charge in [-0.1, -0.05) is 41.6 Å². The van der Waals surface area contributed by atoms with E-state index >= 15 is 0 Å². The summed E-state index contributed by atoms with van der Waals surface area (Å²) < 4.78 is 15.3. The second-order valence-corrected chi connectivity index (χ2v) is 5.04. The molecule has 1 aromatic heterocycles. The fourth-order valence-electron chi connectivity index (χ4n) is 2.67. The van der Waals surface area contributed by atoms with Gasteiger partial charge in [0.1, 0.15) is 11.5 Å². The normalized spacial score (nSPS) is 13.4. The van der Waals surface area contributed by atoms with Crippen LogP contribution in [0.4, 0.5) is 4.39 Å². The lowest BCUT2D eigenvalue weighted by Crippen LogP contribution is -2.11. The summed E-state index contributed by atoms with van der Waals surface area (Å²) in [5, 5.41) is 11.9. The van der Waals surface area contributed by atoms with E-state index in [9.17, 15) is 4.39 Å². The lowest BCUT2D eigenvalue weighted by molar-refractivity contribution is 0.623. The van der Waals surface area contributed by atoms with Crippen LogP contribution >= 0.6 is 0 Å². The Bertz CT molecular complexity index is 795. The van der Waals surface area contributed by atoms with Crippen LogP contribution in [0.2, 0.25) is 0 Å². The highest BCUT2D eigenvalue weighted by Crippen LogP contribution is 2.27. The molecule has 2 aromatic carbocycles. The van der Waals surface area contributed by atoms with Crippen molar-refractivity contribution < 1.29 is 4.39 Å². The minimum Gasteiger partial charge on any atom is -0.307 e. The van der Waals surface area contributed by atoms with Gasteiger partial charge in [-0.15, -0.1) is 5.10 Å². The third-order valence-electron chi connectivity index (χ3n) is 3.69. The lowest BCUT2D eigenvalue weighted by Gasteiger charge is -2.06. The Balaban J connectivity index is 1.92. The van der Waals surface area contributed by atoms with Gasteiger partial charge in [0, 0.05) is 18.7 Å². The molecule has 2 heterocycles. The van der Waals surface area contributed by atoms with Gasteiger partial charge >= 0.3 is 0 Å². The SMILES string of the molecule is Fc1ccc2c(c1)-n1nnc(-c3ccccc3)c1CNC2. The molecule has 0 saturated heterocycles. The van der Waals surface area contributed by atoms with Crippen LogP contribution in [-0.2, 0) is 13.1 Å². The molecule has 0 amide bonds. The van der Waals surface area contributed by atoms with Crippen molar-refractivity contribution in [2.45, 2.75) is 13.1 Å². The van der Waals surface area contributed by atoms with Crippen LogP contribution in [0.25, 0.3) is 16.9 Å². The van der Waals surface area contributed by atoms with Crippen LogP contribution in [-0.4, -0.2) is 15.0 Å². The van der Waals surface area contributed by atoms with Crippen molar-refractivity contribution in [1.82, 2.24) is 20.3 Å². The van der Waals surface area contributed by atoms with E-state index in [1.54, 1.807) is 10.7 Å². The van der Waals surface area contributed by atoms with Crippen molar-refractivity contribution in [3.05, 3.63) is 65.6 Å². The van der Waals surface area contributed by atoms with Crippen molar-refractivity contribution in [3.8, 4) is 16.9 Å². The van der Waals surface area contributed by atoms with E-state index in [1.807, 2.05) is 30.3 Å². The van der Waals surface area contributed by atoms with Crippen LogP contribution in [0.5, 0.6) is 0 Å². The van der Waals surface area contributed by atoms with E-state index in [-0.39, 0.29) is 5.82 Å². The number of benzene rings is 2. The summed E-state index contributed by atoms with van der Waals surface area (Å²) in [7, 11) is 0. The highest BCUT2D eigenvalue weighted by Gasteiger charge is 2.20. The Morgan fingerprint density at radius 3 is 2.76 bits per heavy atom. The van der Waals surface area contributed by atoms with Gasteiger partial charge in [-0.25, -0.2) is 9.07 Å². The smallest absolute Gasteiger partial charge is 0.125 e. The first-order chi connectivity index (χ1) is 10.3. The van der Waals surface area contributed by atoms with Gasteiger partial charge in [-0.2, -0.15) is 0 Å². The van der Waals surface area contributed by atoms with Gasteiger partial charge in [0.2, 0.25) is 0 Å². The maximum absolute atomic E-state index is 13.6. The number of fused-ring (bicyclic) bond motifs is 3. The second-order valence-electron chi connectivity index (χ2n) is 5.04. The van der Waals surface area contributed by atoms with E-state index in [1.165, 1.54) is 12.1 Å². The summed E-state index contributed by atoms with van der Waals surface area (Å²) in [5.41, 5.74) is 4.57. The van der Waals surface area contributed by atoms with E-state index in [2.05, 4.69) is 15.6 Å². The van der Waals surface area contributed by atoms with E-state index in [4.69, 9.17) is 0 Å². The highest BCUT2D eigenvalue weighted by molar-refractivity contribution is 5.62. The molecule has 4 rings (SSSR count). The van der Waals surface area contributed by atoms with Crippen molar-refractivity contribution in [3.63, 3.8) is 0 Å². The molecular weight excluding hydrogens is 267 g/mol. The molecule has 0 radical (unpaired) electrons. The summed E-state index contributed by atoms with van der Waals surface area (Å²) >= 11 is 0.